The zero-order valence-electron chi connectivity index (χ0n) is 14.6. The molecule has 0 saturated heterocycles. The zero-order chi connectivity index (χ0) is 18.4. The Hall–Kier alpha value is -2.22. The lowest BCUT2D eigenvalue weighted by Crippen LogP contribution is -2.34. The number of amides is 4. The molecule has 24 heavy (non-hydrogen) atoms. The second-order valence-electron chi connectivity index (χ2n) is 4.88. The number of imide groups is 1. The van der Waals surface area contributed by atoms with E-state index >= 15 is 0 Å². The molecule has 0 aliphatic carbocycles. The van der Waals surface area contributed by atoms with Crippen molar-refractivity contribution in [2.24, 2.45) is 0 Å². The highest BCUT2D eigenvalue weighted by Crippen LogP contribution is 2.03. The van der Waals surface area contributed by atoms with Crippen LogP contribution in [-0.2, 0) is 23.9 Å². The Labute approximate surface area is 142 Å². The lowest BCUT2D eigenvalue weighted by atomic mass is 10.3. The Kier molecular flexibility index (Phi) is 12.0. The first-order valence-electron chi connectivity index (χ1n) is 8.04. The van der Waals surface area contributed by atoms with E-state index in [9.17, 15) is 19.2 Å². The zero-order valence-corrected chi connectivity index (χ0v) is 14.6. The Balaban J connectivity index is 0.000000506. The Morgan fingerprint density at radius 3 is 2.21 bits per heavy atom. The summed E-state index contributed by atoms with van der Waals surface area (Å²) in [5.74, 6) is -0.792. The van der Waals surface area contributed by atoms with Gasteiger partial charge in [-0.2, -0.15) is 0 Å². The molecule has 2 N–H and O–H groups in total. The molecule has 136 valence electrons. The fourth-order valence-electron chi connectivity index (χ4n) is 1.65. The number of rotatable bonds is 9. The van der Waals surface area contributed by atoms with Crippen molar-refractivity contribution in [3.8, 4) is 0 Å². The monoisotopic (exact) mass is 341 g/mol. The molecular formula is C16H27N3O5. The molecule has 0 bridgehead atoms. The second kappa shape index (κ2) is 13.2. The van der Waals surface area contributed by atoms with Crippen molar-refractivity contribution in [1.82, 2.24) is 15.5 Å². The number of carbonyl (C=O) groups is 4. The molecule has 0 spiro atoms. The molecule has 1 heterocycles. The summed E-state index contributed by atoms with van der Waals surface area (Å²) in [5.41, 5.74) is 0. The third-order valence-corrected chi connectivity index (χ3v) is 2.99. The highest BCUT2D eigenvalue weighted by Gasteiger charge is 2.23. The van der Waals surface area contributed by atoms with E-state index in [1.807, 2.05) is 13.8 Å². The minimum atomic E-state index is -0.344. The van der Waals surface area contributed by atoms with Gasteiger partial charge in [-0.15, -0.1) is 0 Å². The molecule has 1 rings (SSSR count). The topological polar surface area (TPSA) is 105 Å². The third kappa shape index (κ3) is 9.73. The van der Waals surface area contributed by atoms with Crippen LogP contribution in [0.15, 0.2) is 12.2 Å². The number of hydrogen-bond acceptors (Lipinski definition) is 5. The number of hydrogen-bond donors (Lipinski definition) is 2. The van der Waals surface area contributed by atoms with Crippen molar-refractivity contribution in [3.63, 3.8) is 0 Å². The molecule has 1 aliphatic heterocycles. The molecule has 0 aromatic rings. The van der Waals surface area contributed by atoms with E-state index in [4.69, 9.17) is 4.74 Å². The lowest BCUT2D eigenvalue weighted by Gasteiger charge is -2.12. The van der Waals surface area contributed by atoms with Crippen LogP contribution in [0.5, 0.6) is 0 Å². The maximum atomic E-state index is 11.2. The maximum absolute atomic E-state index is 11.2. The van der Waals surface area contributed by atoms with Gasteiger partial charge in [-0.3, -0.25) is 24.1 Å². The van der Waals surface area contributed by atoms with Crippen LogP contribution in [0.4, 0.5) is 0 Å². The van der Waals surface area contributed by atoms with E-state index in [0.29, 0.717) is 26.2 Å². The first-order chi connectivity index (χ1) is 11.5. The van der Waals surface area contributed by atoms with Gasteiger partial charge < -0.3 is 15.4 Å². The van der Waals surface area contributed by atoms with E-state index in [2.05, 4.69) is 10.6 Å². The summed E-state index contributed by atoms with van der Waals surface area (Å²) in [6.45, 7) is 5.84. The fourth-order valence-corrected chi connectivity index (χ4v) is 1.65. The SMILES string of the molecule is CCCNC(=O)CCN1C(=O)C=CC1=O.CCOCCC(=O)NC. The van der Waals surface area contributed by atoms with E-state index in [1.165, 1.54) is 12.2 Å². The predicted octanol–water partition coefficient (Wildman–Crippen LogP) is -0.0133. The van der Waals surface area contributed by atoms with Gasteiger partial charge in [-0.25, -0.2) is 0 Å². The molecule has 0 unspecified atom stereocenters. The average molecular weight is 341 g/mol. The highest BCUT2D eigenvalue weighted by atomic mass is 16.5. The van der Waals surface area contributed by atoms with Crippen molar-refractivity contribution in [2.45, 2.75) is 33.1 Å². The van der Waals surface area contributed by atoms with E-state index < -0.39 is 0 Å². The second-order valence-corrected chi connectivity index (χ2v) is 4.88. The van der Waals surface area contributed by atoms with Gasteiger partial charge in [0, 0.05) is 51.7 Å². The number of nitrogens with one attached hydrogen (secondary N) is 2. The first kappa shape index (κ1) is 21.8. The van der Waals surface area contributed by atoms with Crippen LogP contribution in [0.25, 0.3) is 0 Å². The van der Waals surface area contributed by atoms with Gasteiger partial charge in [0.05, 0.1) is 6.61 Å². The highest BCUT2D eigenvalue weighted by molar-refractivity contribution is 6.13. The van der Waals surface area contributed by atoms with Crippen LogP contribution in [0.3, 0.4) is 0 Å². The van der Waals surface area contributed by atoms with Crippen LogP contribution in [-0.4, -0.2) is 61.9 Å². The molecule has 4 amide bonds. The standard InChI is InChI=1S/C10H14N2O3.C6H13NO2/c1-2-6-11-8(13)5-7-12-9(14)3-4-10(12)15;1-3-9-5-4-6(8)7-2/h3-4H,2,5-7H2,1H3,(H,11,13);3-5H2,1-2H3,(H,7,8). The summed E-state index contributed by atoms with van der Waals surface area (Å²) in [4.78, 5) is 44.9. The average Bonchev–Trinajstić information content (AvgIpc) is 2.90. The third-order valence-electron chi connectivity index (χ3n) is 2.99. The number of carbonyl (C=O) groups excluding carboxylic acids is 4. The van der Waals surface area contributed by atoms with E-state index in [1.54, 1.807) is 7.05 Å². The largest absolute Gasteiger partial charge is 0.381 e. The summed E-state index contributed by atoms with van der Waals surface area (Å²) in [5, 5.41) is 5.18. The summed E-state index contributed by atoms with van der Waals surface area (Å²) >= 11 is 0. The van der Waals surface area contributed by atoms with Gasteiger partial charge in [0.15, 0.2) is 0 Å². The minimum Gasteiger partial charge on any atom is -0.381 e. The fraction of sp³-hybridized carbons (Fsp3) is 0.625. The molecule has 0 aromatic carbocycles. The number of nitrogens with zero attached hydrogens (tertiary/aromatic N) is 1. The normalized spacial score (nSPS) is 12.7. The predicted molar refractivity (Wildman–Crippen MR) is 89.0 cm³/mol. The summed E-state index contributed by atoms with van der Waals surface area (Å²) in [7, 11) is 1.62. The molecular weight excluding hydrogens is 314 g/mol. The van der Waals surface area contributed by atoms with Crippen LogP contribution < -0.4 is 10.6 Å². The van der Waals surface area contributed by atoms with Crippen molar-refractivity contribution < 1.29 is 23.9 Å². The molecule has 0 radical (unpaired) electrons. The molecule has 8 nitrogen and oxygen atoms in total. The maximum Gasteiger partial charge on any atom is 0.253 e. The first-order valence-corrected chi connectivity index (χ1v) is 8.04. The number of ether oxygens (including phenoxy) is 1. The van der Waals surface area contributed by atoms with Crippen molar-refractivity contribution in [2.75, 3.05) is 33.4 Å². The van der Waals surface area contributed by atoms with Gasteiger partial charge in [0.1, 0.15) is 0 Å². The Morgan fingerprint density at radius 2 is 1.71 bits per heavy atom. The van der Waals surface area contributed by atoms with Crippen LogP contribution >= 0.6 is 0 Å². The van der Waals surface area contributed by atoms with E-state index in [0.717, 1.165) is 11.3 Å². The molecule has 1 aliphatic rings. The van der Waals surface area contributed by atoms with Crippen LogP contribution in [0, 0.1) is 0 Å². The van der Waals surface area contributed by atoms with Gasteiger partial charge in [0.25, 0.3) is 11.8 Å². The van der Waals surface area contributed by atoms with Gasteiger partial charge in [-0.1, -0.05) is 6.92 Å². The van der Waals surface area contributed by atoms with Crippen LogP contribution in [0.2, 0.25) is 0 Å². The molecule has 0 fully saturated rings. The van der Waals surface area contributed by atoms with Crippen LogP contribution in [0.1, 0.15) is 33.1 Å². The van der Waals surface area contributed by atoms with Crippen molar-refractivity contribution in [3.05, 3.63) is 12.2 Å². The molecule has 0 saturated carbocycles. The smallest absolute Gasteiger partial charge is 0.253 e. The van der Waals surface area contributed by atoms with Gasteiger partial charge in [-0.05, 0) is 13.3 Å². The quantitative estimate of drug-likeness (QED) is 0.453. The molecule has 8 heteroatoms. The van der Waals surface area contributed by atoms with E-state index in [-0.39, 0.29) is 36.6 Å². The Morgan fingerprint density at radius 1 is 1.08 bits per heavy atom. The van der Waals surface area contributed by atoms with Crippen molar-refractivity contribution in [1.29, 1.82) is 0 Å². The molecule has 0 aromatic heterocycles. The summed E-state index contributed by atoms with van der Waals surface area (Å²) < 4.78 is 4.95. The molecule has 0 atom stereocenters. The van der Waals surface area contributed by atoms with Crippen molar-refractivity contribution >= 4 is 23.6 Å². The Bertz CT molecular complexity index is 445. The lowest BCUT2D eigenvalue weighted by molar-refractivity contribution is -0.137. The minimum absolute atomic E-state index is 0.0310. The van der Waals surface area contributed by atoms with Gasteiger partial charge >= 0.3 is 0 Å². The van der Waals surface area contributed by atoms with Gasteiger partial charge in [0.2, 0.25) is 11.8 Å². The summed E-state index contributed by atoms with van der Waals surface area (Å²) in [6, 6.07) is 0. The summed E-state index contributed by atoms with van der Waals surface area (Å²) in [6.07, 6.45) is 3.93.